The Bertz CT molecular complexity index is 495. The van der Waals surface area contributed by atoms with E-state index < -0.39 is 11.0 Å². The van der Waals surface area contributed by atoms with E-state index in [2.05, 4.69) is 0 Å². The Balaban J connectivity index is 2.42. The van der Waals surface area contributed by atoms with E-state index in [1.54, 1.807) is 6.07 Å². The highest BCUT2D eigenvalue weighted by Crippen LogP contribution is 2.17. The molecule has 0 aliphatic rings. The third-order valence-corrected chi connectivity index (χ3v) is 2.00. The Morgan fingerprint density at radius 1 is 1.13 bits per heavy atom. The summed E-state index contributed by atoms with van der Waals surface area (Å²) in [5, 5.41) is -0.810. The topological polar surface area (TPSA) is 60.4 Å². The number of halogens is 1. The zero-order valence-electron chi connectivity index (χ0n) is 7.40. The van der Waals surface area contributed by atoms with Crippen LogP contribution in [-0.2, 0) is 0 Å². The van der Waals surface area contributed by atoms with Gasteiger partial charge in [0, 0.05) is 0 Å². The number of furan rings is 2. The van der Waals surface area contributed by atoms with Gasteiger partial charge in [-0.1, -0.05) is 0 Å². The largest absolute Gasteiger partial charge is 0.461 e. The van der Waals surface area contributed by atoms with Gasteiger partial charge in [0.05, 0.1) is 18.1 Å². The van der Waals surface area contributed by atoms with Crippen LogP contribution in [-0.4, -0.2) is 11.0 Å². The van der Waals surface area contributed by atoms with Gasteiger partial charge in [-0.05, 0) is 29.8 Å². The van der Waals surface area contributed by atoms with Crippen molar-refractivity contribution in [2.45, 2.75) is 0 Å². The minimum absolute atomic E-state index is 0.102. The molecule has 2 aromatic heterocycles. The van der Waals surface area contributed by atoms with Gasteiger partial charge in [0.15, 0.2) is 11.5 Å². The van der Waals surface area contributed by atoms with Crippen molar-refractivity contribution in [1.82, 2.24) is 0 Å². The third-order valence-electron chi connectivity index (χ3n) is 1.83. The molecule has 5 heteroatoms. The van der Waals surface area contributed by atoms with Crippen molar-refractivity contribution in [3.63, 3.8) is 0 Å². The monoisotopic (exact) mass is 224 g/mol. The molecule has 0 amide bonds. The van der Waals surface area contributed by atoms with Crippen LogP contribution in [0.5, 0.6) is 0 Å². The molecule has 0 bridgehead atoms. The average Bonchev–Trinajstić information content (AvgIpc) is 2.88. The summed E-state index contributed by atoms with van der Waals surface area (Å²) in [5.74, 6) is -0.466. The highest BCUT2D eigenvalue weighted by atomic mass is 35.5. The van der Waals surface area contributed by atoms with Crippen LogP contribution in [0, 0.1) is 0 Å². The maximum absolute atomic E-state index is 11.7. The molecular weight excluding hydrogens is 220 g/mol. The average molecular weight is 225 g/mol. The molecule has 2 aromatic rings. The number of rotatable bonds is 3. The lowest BCUT2D eigenvalue weighted by Gasteiger charge is -1.94. The van der Waals surface area contributed by atoms with Crippen LogP contribution < -0.4 is 0 Å². The molecule has 0 saturated heterocycles. The molecule has 0 aliphatic heterocycles. The van der Waals surface area contributed by atoms with Crippen molar-refractivity contribution in [2.75, 3.05) is 0 Å². The van der Waals surface area contributed by atoms with E-state index in [0.29, 0.717) is 0 Å². The van der Waals surface area contributed by atoms with E-state index in [4.69, 9.17) is 20.4 Å². The lowest BCUT2D eigenvalue weighted by Crippen LogP contribution is -2.03. The van der Waals surface area contributed by atoms with Gasteiger partial charge >= 0.3 is 0 Å². The molecule has 0 atom stereocenters. The van der Waals surface area contributed by atoms with E-state index in [0.717, 1.165) is 0 Å². The number of carbonyl (C=O) groups is 2. The van der Waals surface area contributed by atoms with Gasteiger partial charge in [0.2, 0.25) is 5.78 Å². The summed E-state index contributed by atoms with van der Waals surface area (Å²) in [6, 6.07) is 4.45. The van der Waals surface area contributed by atoms with Gasteiger partial charge in [-0.25, -0.2) is 0 Å². The van der Waals surface area contributed by atoms with Gasteiger partial charge < -0.3 is 8.83 Å². The highest BCUT2D eigenvalue weighted by Gasteiger charge is 2.21. The molecule has 0 aliphatic carbocycles. The second kappa shape index (κ2) is 3.74. The molecule has 2 heterocycles. The fourth-order valence-electron chi connectivity index (χ4n) is 1.18. The molecule has 0 N–H and O–H groups in total. The number of hydrogen-bond donors (Lipinski definition) is 0. The van der Waals surface area contributed by atoms with Gasteiger partial charge in [-0.2, -0.15) is 0 Å². The SMILES string of the molecule is O=C(c1ccco1)c1ccoc1C(=O)Cl. The zero-order chi connectivity index (χ0) is 10.8. The van der Waals surface area contributed by atoms with E-state index in [-0.39, 0.29) is 17.1 Å². The Hall–Kier alpha value is -1.81. The smallest absolute Gasteiger partial charge is 0.288 e. The first-order valence-corrected chi connectivity index (χ1v) is 4.43. The summed E-state index contributed by atoms with van der Waals surface area (Å²) in [4.78, 5) is 22.6. The first-order valence-electron chi connectivity index (χ1n) is 4.05. The van der Waals surface area contributed by atoms with Gasteiger partial charge in [0.1, 0.15) is 0 Å². The molecule has 0 aromatic carbocycles. The predicted molar refractivity (Wildman–Crippen MR) is 51.0 cm³/mol. The normalized spacial score (nSPS) is 10.2. The van der Waals surface area contributed by atoms with Gasteiger partial charge in [0.25, 0.3) is 5.24 Å². The van der Waals surface area contributed by atoms with Crippen LogP contribution in [0.25, 0.3) is 0 Å². The molecule has 0 unspecified atom stereocenters. The third kappa shape index (κ3) is 1.71. The summed E-state index contributed by atoms with van der Waals surface area (Å²) in [5.41, 5.74) is 0.102. The van der Waals surface area contributed by atoms with Crippen LogP contribution in [0.15, 0.2) is 39.6 Å². The van der Waals surface area contributed by atoms with Crippen LogP contribution in [0.4, 0.5) is 0 Å². The fourth-order valence-corrected chi connectivity index (χ4v) is 1.33. The van der Waals surface area contributed by atoms with Crippen LogP contribution >= 0.6 is 11.6 Å². The number of ketones is 1. The van der Waals surface area contributed by atoms with E-state index in [9.17, 15) is 9.59 Å². The first-order chi connectivity index (χ1) is 7.20. The van der Waals surface area contributed by atoms with Crippen molar-refractivity contribution in [1.29, 1.82) is 0 Å². The Morgan fingerprint density at radius 3 is 2.53 bits per heavy atom. The Morgan fingerprint density at radius 2 is 1.93 bits per heavy atom. The summed E-state index contributed by atoms with van der Waals surface area (Å²) < 4.78 is 9.71. The second-order valence-electron chi connectivity index (χ2n) is 2.74. The maximum Gasteiger partial charge on any atom is 0.288 e. The van der Waals surface area contributed by atoms with Crippen LogP contribution in [0.3, 0.4) is 0 Å². The molecule has 15 heavy (non-hydrogen) atoms. The van der Waals surface area contributed by atoms with Crippen molar-refractivity contribution < 1.29 is 18.4 Å². The quantitative estimate of drug-likeness (QED) is 0.594. The molecule has 76 valence electrons. The van der Waals surface area contributed by atoms with E-state index in [1.165, 1.54) is 24.7 Å². The Kier molecular flexibility index (Phi) is 2.43. The first kappa shape index (κ1) is 9.73. The van der Waals surface area contributed by atoms with Crippen molar-refractivity contribution in [2.24, 2.45) is 0 Å². The summed E-state index contributed by atoms with van der Waals surface area (Å²) in [6.45, 7) is 0. The summed E-state index contributed by atoms with van der Waals surface area (Å²) in [7, 11) is 0. The molecule has 0 spiro atoms. The van der Waals surface area contributed by atoms with Crippen LogP contribution in [0.1, 0.15) is 26.7 Å². The minimum atomic E-state index is -0.810. The standard InChI is InChI=1S/C10H5ClO4/c11-10(13)9-6(3-5-15-9)8(12)7-2-1-4-14-7/h1-5H. The number of carbonyl (C=O) groups excluding carboxylic acids is 2. The van der Waals surface area contributed by atoms with E-state index >= 15 is 0 Å². The van der Waals surface area contributed by atoms with Gasteiger partial charge in [-0.3, -0.25) is 9.59 Å². The van der Waals surface area contributed by atoms with Crippen LogP contribution in [0.2, 0.25) is 0 Å². The highest BCUT2D eigenvalue weighted by molar-refractivity contribution is 6.67. The lowest BCUT2D eigenvalue weighted by molar-refractivity contribution is 0.0990. The Labute approximate surface area is 89.4 Å². The van der Waals surface area contributed by atoms with Crippen molar-refractivity contribution >= 4 is 22.6 Å². The molecule has 4 nitrogen and oxygen atoms in total. The molecular formula is C10H5ClO4. The molecule has 2 rings (SSSR count). The van der Waals surface area contributed by atoms with Gasteiger partial charge in [-0.15, -0.1) is 0 Å². The lowest BCUT2D eigenvalue weighted by atomic mass is 10.1. The molecule has 0 fully saturated rings. The molecule has 0 radical (unpaired) electrons. The number of hydrogen-bond acceptors (Lipinski definition) is 4. The minimum Gasteiger partial charge on any atom is -0.461 e. The summed E-state index contributed by atoms with van der Waals surface area (Å²) in [6.07, 6.45) is 2.60. The maximum atomic E-state index is 11.7. The zero-order valence-corrected chi connectivity index (χ0v) is 8.15. The fraction of sp³-hybridized carbons (Fsp3) is 0. The molecule has 0 saturated carbocycles. The van der Waals surface area contributed by atoms with Crippen molar-refractivity contribution in [3.05, 3.63) is 47.8 Å². The predicted octanol–water partition coefficient (Wildman–Crippen LogP) is 2.48. The summed E-state index contributed by atoms with van der Waals surface area (Å²) >= 11 is 5.24. The van der Waals surface area contributed by atoms with E-state index in [1.807, 2.05) is 0 Å². The van der Waals surface area contributed by atoms with Crippen molar-refractivity contribution in [3.8, 4) is 0 Å². The second-order valence-corrected chi connectivity index (χ2v) is 3.09.